The van der Waals surface area contributed by atoms with Crippen LogP contribution >= 0.6 is 7.60 Å². The molecule has 0 atom stereocenters. The van der Waals surface area contributed by atoms with Crippen LogP contribution in [0.2, 0.25) is 0 Å². The van der Waals surface area contributed by atoms with Crippen molar-refractivity contribution in [3.63, 3.8) is 0 Å². The van der Waals surface area contributed by atoms with E-state index in [0.29, 0.717) is 17.1 Å². The lowest BCUT2D eigenvalue weighted by Crippen LogP contribution is -2.19. The molecular weight excluding hydrogens is 547 g/mol. The van der Waals surface area contributed by atoms with Crippen LogP contribution in [0, 0.1) is 13.8 Å². The summed E-state index contributed by atoms with van der Waals surface area (Å²) < 4.78 is 44.2. The topological polar surface area (TPSA) is 119 Å². The first-order valence-electron chi connectivity index (χ1n) is 13.1. The van der Waals surface area contributed by atoms with E-state index in [1.807, 2.05) is 38.2 Å². The third-order valence-electron chi connectivity index (χ3n) is 7.07. The van der Waals surface area contributed by atoms with Crippen molar-refractivity contribution in [2.45, 2.75) is 45.4 Å². The molecule has 4 N–H and O–H groups in total. The normalized spacial score (nSPS) is 12.2. The van der Waals surface area contributed by atoms with Crippen LogP contribution in [0.25, 0.3) is 21.8 Å². The second kappa shape index (κ2) is 11.2. The average molecular weight is 578 g/mol. The molecule has 0 saturated heterocycles. The Balaban J connectivity index is 1.22. The van der Waals surface area contributed by atoms with Gasteiger partial charge in [-0.3, -0.25) is 9.55 Å². The van der Waals surface area contributed by atoms with Crippen LogP contribution in [-0.4, -0.2) is 25.4 Å². The van der Waals surface area contributed by atoms with Crippen LogP contribution in [0.1, 0.15) is 33.4 Å². The minimum atomic E-state index is -5.52. The first kappa shape index (κ1) is 28.6. The van der Waals surface area contributed by atoms with Gasteiger partial charge >= 0.3 is 13.3 Å². The van der Waals surface area contributed by atoms with E-state index < -0.39 is 19.7 Å². The fraction of sp³-hybridized carbons (Fsp3) is 0.226. The number of fused-ring (bicyclic) bond motifs is 3. The molecule has 0 fully saturated rings. The van der Waals surface area contributed by atoms with Crippen molar-refractivity contribution in [2.75, 3.05) is 5.73 Å². The summed E-state index contributed by atoms with van der Waals surface area (Å²) >= 11 is 0. The highest BCUT2D eigenvalue weighted by Gasteiger charge is 2.48. The van der Waals surface area contributed by atoms with E-state index >= 15 is 0 Å². The van der Waals surface area contributed by atoms with Gasteiger partial charge in [0.25, 0.3) is 0 Å². The molecule has 0 spiro atoms. The van der Waals surface area contributed by atoms with Gasteiger partial charge in [-0.05, 0) is 78.3 Å². The van der Waals surface area contributed by atoms with E-state index in [1.54, 1.807) is 12.1 Å². The van der Waals surface area contributed by atoms with E-state index in [-0.39, 0.29) is 12.2 Å². The molecule has 7 nitrogen and oxygen atoms in total. The number of hydrogen-bond acceptors (Lipinski definition) is 5. The molecule has 0 aliphatic heterocycles. The zero-order valence-electron chi connectivity index (χ0n) is 22.6. The Morgan fingerprint density at radius 2 is 1.56 bits per heavy atom. The van der Waals surface area contributed by atoms with Crippen LogP contribution in [0.3, 0.4) is 0 Å². The van der Waals surface area contributed by atoms with E-state index in [9.17, 15) is 13.3 Å². The molecule has 5 rings (SSSR count). The predicted octanol–water partition coefficient (Wildman–Crippen LogP) is 6.66. The van der Waals surface area contributed by atoms with Gasteiger partial charge in [0.15, 0.2) is 5.82 Å². The Hall–Kier alpha value is -3.91. The number of anilines is 1. The van der Waals surface area contributed by atoms with Crippen LogP contribution in [0.4, 0.5) is 14.6 Å². The fourth-order valence-corrected chi connectivity index (χ4v) is 5.17. The SMILES string of the molecule is Cc1ccc2c(c1)nc(N)c1ncc(CCc3ccc(OCc4ccc(CC(F)(F)P(=O)(O)O)cc4)c(C)c3)cc12. The summed E-state index contributed by atoms with van der Waals surface area (Å²) in [5.41, 5.74) is 8.87. The number of aryl methyl sites for hydroxylation is 4. The molecule has 0 aliphatic rings. The van der Waals surface area contributed by atoms with Crippen molar-refractivity contribution in [1.29, 1.82) is 0 Å². The molecule has 41 heavy (non-hydrogen) atoms. The molecular formula is C31H30F2N3O4P. The summed E-state index contributed by atoms with van der Waals surface area (Å²) in [6.45, 7) is 4.22. The second-order valence-electron chi connectivity index (χ2n) is 10.3. The number of halogens is 2. The summed E-state index contributed by atoms with van der Waals surface area (Å²) in [6.07, 6.45) is 2.43. The van der Waals surface area contributed by atoms with Gasteiger partial charge in [0.2, 0.25) is 0 Å². The Morgan fingerprint density at radius 1 is 0.878 bits per heavy atom. The molecule has 0 aliphatic carbocycles. The summed E-state index contributed by atoms with van der Waals surface area (Å²) in [5.74, 6) is 1.14. The average Bonchev–Trinajstić information content (AvgIpc) is 2.91. The van der Waals surface area contributed by atoms with Gasteiger partial charge in [-0.25, -0.2) is 4.98 Å². The summed E-state index contributed by atoms with van der Waals surface area (Å²) in [7, 11) is -5.52. The van der Waals surface area contributed by atoms with E-state index in [2.05, 4.69) is 34.2 Å². The monoisotopic (exact) mass is 577 g/mol. The molecule has 0 unspecified atom stereocenters. The van der Waals surface area contributed by atoms with Gasteiger partial charge in [0.05, 0.1) is 5.52 Å². The van der Waals surface area contributed by atoms with Crippen molar-refractivity contribution in [3.05, 3.63) is 106 Å². The third kappa shape index (κ3) is 6.38. The van der Waals surface area contributed by atoms with Crippen molar-refractivity contribution in [3.8, 4) is 5.75 Å². The van der Waals surface area contributed by atoms with Crippen molar-refractivity contribution >= 4 is 35.2 Å². The lowest BCUT2D eigenvalue weighted by molar-refractivity contribution is 0.0594. The smallest absolute Gasteiger partial charge is 0.394 e. The lowest BCUT2D eigenvalue weighted by atomic mass is 10.0. The minimum absolute atomic E-state index is 0.132. The number of nitrogens with two attached hydrogens (primary N) is 1. The van der Waals surface area contributed by atoms with Crippen molar-refractivity contribution in [1.82, 2.24) is 9.97 Å². The maximum atomic E-state index is 13.7. The highest BCUT2D eigenvalue weighted by molar-refractivity contribution is 7.53. The van der Waals surface area contributed by atoms with Gasteiger partial charge in [-0.1, -0.05) is 48.5 Å². The standard InChI is InChI=1S/C31H30F2N3O4P/c1-19-3-11-25-26-15-24(17-35-29(26)30(34)36-27(25)13-19)9-4-21-10-12-28(20(2)14-21)40-18-23-7-5-22(6-8-23)16-31(32,33)41(37,38)39/h3,5-8,10-15,17H,4,9,16,18H2,1-2H3,(H2,34,36)(H2,37,38,39). The van der Waals surface area contributed by atoms with Gasteiger partial charge in [-0.15, -0.1) is 0 Å². The molecule has 3 aromatic carbocycles. The van der Waals surface area contributed by atoms with Crippen LogP contribution in [0.15, 0.2) is 72.9 Å². The van der Waals surface area contributed by atoms with E-state index in [0.717, 1.165) is 56.9 Å². The number of benzene rings is 3. The number of aromatic nitrogens is 2. The number of ether oxygens (including phenoxy) is 1. The number of pyridine rings is 2. The quantitative estimate of drug-likeness (QED) is 0.132. The maximum absolute atomic E-state index is 13.7. The van der Waals surface area contributed by atoms with Crippen LogP contribution < -0.4 is 10.5 Å². The summed E-state index contributed by atoms with van der Waals surface area (Å²) in [4.78, 5) is 26.8. The molecule has 0 amide bonds. The Morgan fingerprint density at radius 3 is 2.27 bits per heavy atom. The molecule has 0 saturated carbocycles. The number of hydrogen-bond donors (Lipinski definition) is 3. The molecule has 5 aromatic rings. The molecule has 0 radical (unpaired) electrons. The highest BCUT2D eigenvalue weighted by Crippen LogP contribution is 2.54. The summed E-state index contributed by atoms with van der Waals surface area (Å²) in [6, 6.07) is 20.4. The molecule has 10 heteroatoms. The third-order valence-corrected chi connectivity index (χ3v) is 8.08. The molecule has 2 aromatic heterocycles. The van der Waals surface area contributed by atoms with Gasteiger partial charge in [0.1, 0.15) is 17.9 Å². The first-order chi connectivity index (χ1) is 19.4. The van der Waals surface area contributed by atoms with Gasteiger partial charge in [-0.2, -0.15) is 8.78 Å². The number of nitrogen functional groups attached to an aromatic ring is 1. The second-order valence-corrected chi connectivity index (χ2v) is 12.1. The van der Waals surface area contributed by atoms with Crippen molar-refractivity contribution < 1.29 is 27.9 Å². The van der Waals surface area contributed by atoms with Gasteiger partial charge < -0.3 is 20.3 Å². The lowest BCUT2D eigenvalue weighted by Gasteiger charge is -2.17. The largest absolute Gasteiger partial charge is 0.489 e. The zero-order chi connectivity index (χ0) is 29.4. The first-order valence-corrected chi connectivity index (χ1v) is 14.7. The van der Waals surface area contributed by atoms with Crippen LogP contribution in [0.5, 0.6) is 5.75 Å². The molecule has 212 valence electrons. The zero-order valence-corrected chi connectivity index (χ0v) is 23.5. The number of alkyl halides is 2. The Labute approximate surface area is 236 Å². The minimum Gasteiger partial charge on any atom is -0.489 e. The van der Waals surface area contributed by atoms with Crippen LogP contribution in [-0.2, 0) is 30.4 Å². The van der Waals surface area contributed by atoms with Gasteiger partial charge in [0, 0.05) is 23.4 Å². The highest BCUT2D eigenvalue weighted by atomic mass is 31.2. The summed E-state index contributed by atoms with van der Waals surface area (Å²) in [5, 5.41) is 2.02. The maximum Gasteiger partial charge on any atom is 0.394 e. The number of nitrogens with zero attached hydrogens (tertiary/aromatic N) is 2. The fourth-order valence-electron chi connectivity index (χ4n) is 4.78. The van der Waals surface area contributed by atoms with E-state index in [1.165, 1.54) is 12.1 Å². The predicted molar refractivity (Wildman–Crippen MR) is 156 cm³/mol. The Bertz CT molecular complexity index is 1790. The molecule has 2 heterocycles. The van der Waals surface area contributed by atoms with Crippen molar-refractivity contribution in [2.24, 2.45) is 0 Å². The van der Waals surface area contributed by atoms with E-state index in [4.69, 9.17) is 20.3 Å². The Kier molecular flexibility index (Phi) is 7.79. The molecule has 0 bridgehead atoms. The number of rotatable bonds is 9.